The van der Waals surface area contributed by atoms with E-state index in [2.05, 4.69) is 195 Å². The van der Waals surface area contributed by atoms with Crippen LogP contribution in [-0.2, 0) is 17.3 Å². The van der Waals surface area contributed by atoms with Crippen molar-refractivity contribution in [2.75, 3.05) is 0 Å². The van der Waals surface area contributed by atoms with Gasteiger partial charge in [0.05, 0.1) is 38.7 Å². The van der Waals surface area contributed by atoms with Crippen LogP contribution in [0, 0.1) is 0 Å². The van der Waals surface area contributed by atoms with E-state index in [0.29, 0.717) is 0 Å². The van der Waals surface area contributed by atoms with Gasteiger partial charge in [0.15, 0.2) is 5.82 Å². The van der Waals surface area contributed by atoms with Gasteiger partial charge in [-0.25, -0.2) is 9.97 Å². The monoisotopic (exact) mass is 834 g/mol. The van der Waals surface area contributed by atoms with E-state index < -0.39 is 0 Å². The molecule has 0 spiro atoms. The molecule has 65 heavy (non-hydrogen) atoms. The SMILES string of the molecule is CCc1c(-c2ccc3c(c2)C(C)(C)c2ccccc2-3)nc(-c2ccc3c(c2)C(C)(C)c2ccccc2-3)nc1-n1c2ccc3oc4ccc5c6ccccc6n6c7cccc1c7c2c3c4c56. The van der Waals surface area contributed by atoms with Gasteiger partial charge in [-0.15, -0.1) is 0 Å². The lowest BCUT2D eigenvalue weighted by Gasteiger charge is -2.23. The van der Waals surface area contributed by atoms with E-state index in [9.17, 15) is 0 Å². The fourth-order valence-corrected chi connectivity index (χ4v) is 12.6. The van der Waals surface area contributed by atoms with E-state index in [0.717, 1.165) is 73.4 Å². The van der Waals surface area contributed by atoms with E-state index in [-0.39, 0.29) is 10.8 Å². The van der Waals surface area contributed by atoms with Crippen molar-refractivity contribution in [1.82, 2.24) is 18.9 Å². The number of nitrogens with zero attached hydrogens (tertiary/aromatic N) is 4. The summed E-state index contributed by atoms with van der Waals surface area (Å²) in [5, 5.41) is 7.21. The number of hydrogen-bond donors (Lipinski definition) is 0. The molecule has 0 aliphatic heterocycles. The van der Waals surface area contributed by atoms with Crippen LogP contribution in [0.15, 0.2) is 156 Å². The van der Waals surface area contributed by atoms with Gasteiger partial charge >= 0.3 is 0 Å². The predicted octanol–water partition coefficient (Wildman–Crippen LogP) is 15.4. The first-order chi connectivity index (χ1) is 31.7. The molecule has 308 valence electrons. The number of fused-ring (bicyclic) bond motifs is 10. The van der Waals surface area contributed by atoms with E-state index in [1.54, 1.807) is 0 Å². The number of furan rings is 1. The summed E-state index contributed by atoms with van der Waals surface area (Å²) in [6, 6.07) is 56.1. The van der Waals surface area contributed by atoms with Gasteiger partial charge in [0.25, 0.3) is 0 Å². The Morgan fingerprint density at radius 1 is 0.477 bits per heavy atom. The Morgan fingerprint density at radius 3 is 1.83 bits per heavy atom. The molecule has 5 aromatic heterocycles. The quantitative estimate of drug-likeness (QED) is 0.177. The van der Waals surface area contributed by atoms with Gasteiger partial charge < -0.3 is 8.82 Å². The lowest BCUT2D eigenvalue weighted by Crippen LogP contribution is -2.15. The molecule has 2 aliphatic rings. The minimum Gasteiger partial charge on any atom is -0.456 e. The first-order valence-corrected chi connectivity index (χ1v) is 23.0. The van der Waals surface area contributed by atoms with Crippen LogP contribution < -0.4 is 0 Å². The summed E-state index contributed by atoms with van der Waals surface area (Å²) in [4.78, 5) is 11.5. The first-order valence-electron chi connectivity index (χ1n) is 23.0. The van der Waals surface area contributed by atoms with Gasteiger partial charge in [-0.1, -0.05) is 132 Å². The summed E-state index contributed by atoms with van der Waals surface area (Å²) < 4.78 is 11.7. The summed E-state index contributed by atoms with van der Waals surface area (Å²) in [6.07, 6.45) is 0.739. The van der Waals surface area contributed by atoms with Gasteiger partial charge in [0.1, 0.15) is 17.0 Å². The minimum atomic E-state index is -0.166. The highest BCUT2D eigenvalue weighted by molar-refractivity contribution is 6.37. The lowest BCUT2D eigenvalue weighted by molar-refractivity contribution is 0.660. The lowest BCUT2D eigenvalue weighted by atomic mass is 9.81. The second-order valence-corrected chi connectivity index (χ2v) is 19.5. The van der Waals surface area contributed by atoms with E-state index in [1.807, 2.05) is 0 Å². The third-order valence-electron chi connectivity index (χ3n) is 15.7. The van der Waals surface area contributed by atoms with Crippen LogP contribution in [0.2, 0.25) is 0 Å². The van der Waals surface area contributed by atoms with Crippen LogP contribution in [0.3, 0.4) is 0 Å². The van der Waals surface area contributed by atoms with E-state index >= 15 is 0 Å². The average Bonchev–Trinajstić information content (AvgIpc) is 4.07. The molecule has 5 heteroatoms. The Kier molecular flexibility index (Phi) is 6.51. The molecule has 8 aromatic carbocycles. The Labute approximate surface area is 374 Å². The van der Waals surface area contributed by atoms with E-state index in [4.69, 9.17) is 14.4 Å². The second kappa shape index (κ2) is 11.9. The van der Waals surface area contributed by atoms with Crippen LogP contribution in [0.5, 0.6) is 0 Å². The van der Waals surface area contributed by atoms with Gasteiger partial charge in [0.2, 0.25) is 0 Å². The molecule has 0 atom stereocenters. The Bertz CT molecular complexity index is 4230. The van der Waals surface area contributed by atoms with Gasteiger partial charge in [-0.05, 0) is 106 Å². The first kappa shape index (κ1) is 35.7. The molecule has 13 aromatic rings. The molecule has 0 amide bonds. The molecule has 5 heterocycles. The molecule has 0 fully saturated rings. The maximum atomic E-state index is 6.76. The van der Waals surface area contributed by atoms with Crippen LogP contribution in [0.25, 0.3) is 122 Å². The molecular formula is C60H42N4O. The molecule has 15 rings (SSSR count). The van der Waals surface area contributed by atoms with Crippen molar-refractivity contribution in [2.24, 2.45) is 0 Å². The number of para-hydroxylation sites is 1. The second-order valence-electron chi connectivity index (χ2n) is 19.5. The number of hydrogen-bond acceptors (Lipinski definition) is 3. The maximum Gasteiger partial charge on any atom is 0.162 e. The number of aromatic nitrogens is 4. The molecule has 0 radical (unpaired) electrons. The maximum absolute atomic E-state index is 6.76. The summed E-state index contributed by atoms with van der Waals surface area (Å²) >= 11 is 0. The largest absolute Gasteiger partial charge is 0.456 e. The minimum absolute atomic E-state index is 0.157. The van der Waals surface area contributed by atoms with Crippen LogP contribution in [0.1, 0.15) is 62.4 Å². The topological polar surface area (TPSA) is 48.3 Å². The van der Waals surface area contributed by atoms with Crippen molar-refractivity contribution in [2.45, 2.75) is 51.9 Å². The zero-order valence-electron chi connectivity index (χ0n) is 36.8. The summed E-state index contributed by atoms with van der Waals surface area (Å²) in [5.74, 6) is 1.63. The summed E-state index contributed by atoms with van der Waals surface area (Å²) in [6.45, 7) is 11.7. The zero-order chi connectivity index (χ0) is 43.2. The van der Waals surface area contributed by atoms with Crippen molar-refractivity contribution in [3.8, 4) is 50.7 Å². The Balaban J connectivity index is 1.07. The zero-order valence-corrected chi connectivity index (χ0v) is 36.8. The summed E-state index contributed by atoms with van der Waals surface area (Å²) in [5.41, 5.74) is 22.0. The third kappa shape index (κ3) is 4.25. The molecule has 5 nitrogen and oxygen atoms in total. The number of benzene rings is 8. The van der Waals surface area contributed by atoms with Crippen LogP contribution in [0.4, 0.5) is 0 Å². The van der Waals surface area contributed by atoms with Crippen LogP contribution >= 0.6 is 0 Å². The molecule has 0 saturated heterocycles. The van der Waals surface area contributed by atoms with Gasteiger partial charge in [-0.3, -0.25) is 4.57 Å². The molecule has 0 bridgehead atoms. The van der Waals surface area contributed by atoms with Gasteiger partial charge in [-0.2, -0.15) is 0 Å². The molecular weight excluding hydrogens is 793 g/mol. The highest BCUT2D eigenvalue weighted by Gasteiger charge is 2.38. The van der Waals surface area contributed by atoms with Gasteiger partial charge in [0, 0.05) is 54.5 Å². The number of rotatable bonds is 4. The standard InChI is InChI=1S/C60H42N4O/c1-6-34-55(32-22-24-37-35-14-7-10-17-41(35)59(2,3)43(37)30-32)61-57(33-23-25-38-36-15-8-11-18-42(36)60(4,5)44(38)31-33)62-58(34)64-47-21-13-20-46-51(47)52-48(64)27-29-49-53(52)54-50(65-49)28-26-40-39-16-9-12-19-45(39)63(46)56(40)54/h7-31H,6H2,1-5H3. The van der Waals surface area contributed by atoms with Crippen molar-refractivity contribution in [3.05, 3.63) is 179 Å². The Hall–Kier alpha value is -7.76. The van der Waals surface area contributed by atoms with Crippen LogP contribution in [-0.4, -0.2) is 18.9 Å². The van der Waals surface area contributed by atoms with E-state index in [1.165, 1.54) is 82.6 Å². The fraction of sp³-hybridized carbons (Fsp3) is 0.133. The summed E-state index contributed by atoms with van der Waals surface area (Å²) in [7, 11) is 0. The molecule has 2 aliphatic carbocycles. The highest BCUT2D eigenvalue weighted by Crippen LogP contribution is 2.53. The third-order valence-corrected chi connectivity index (χ3v) is 15.7. The normalized spacial score (nSPS) is 14.8. The van der Waals surface area contributed by atoms with Crippen molar-refractivity contribution in [1.29, 1.82) is 0 Å². The van der Waals surface area contributed by atoms with Crippen molar-refractivity contribution >= 4 is 71.1 Å². The Morgan fingerprint density at radius 2 is 1.08 bits per heavy atom. The van der Waals surface area contributed by atoms with Crippen molar-refractivity contribution in [3.63, 3.8) is 0 Å². The molecule has 0 N–H and O–H groups in total. The smallest absolute Gasteiger partial charge is 0.162 e. The highest BCUT2D eigenvalue weighted by atomic mass is 16.3. The fourth-order valence-electron chi connectivity index (χ4n) is 12.6. The predicted molar refractivity (Wildman–Crippen MR) is 267 cm³/mol. The molecule has 0 saturated carbocycles. The molecule has 0 unspecified atom stereocenters. The average molecular weight is 835 g/mol. The van der Waals surface area contributed by atoms with Crippen molar-refractivity contribution < 1.29 is 4.42 Å².